The van der Waals surface area contributed by atoms with E-state index in [1.807, 2.05) is 0 Å². The summed E-state index contributed by atoms with van der Waals surface area (Å²) in [5.41, 5.74) is 0.836. The van der Waals surface area contributed by atoms with E-state index in [2.05, 4.69) is 5.32 Å². The first-order chi connectivity index (χ1) is 9.81. The van der Waals surface area contributed by atoms with Crippen molar-refractivity contribution in [2.75, 3.05) is 11.9 Å². The van der Waals surface area contributed by atoms with Crippen LogP contribution in [0.4, 0.5) is 18.9 Å². The van der Waals surface area contributed by atoms with E-state index in [-0.39, 0.29) is 11.6 Å². The lowest BCUT2D eigenvalue weighted by Crippen LogP contribution is -2.20. The van der Waals surface area contributed by atoms with E-state index in [0.717, 1.165) is 11.8 Å². The second kappa shape index (κ2) is 5.80. The molecule has 1 aromatic carbocycles. The summed E-state index contributed by atoms with van der Waals surface area (Å²) in [5.74, 6) is -2.44. The van der Waals surface area contributed by atoms with Gasteiger partial charge in [0.25, 0.3) is 5.78 Å². The predicted molar refractivity (Wildman–Crippen MR) is 71.0 cm³/mol. The number of rotatable bonds is 3. The molecule has 1 heterocycles. The molecule has 8 heteroatoms. The zero-order chi connectivity index (χ0) is 15.6. The van der Waals surface area contributed by atoms with Crippen LogP contribution in [0, 0.1) is 0 Å². The molecule has 1 N–H and O–H groups in total. The van der Waals surface area contributed by atoms with Gasteiger partial charge in [-0.15, -0.1) is 0 Å². The number of carbonyl (C=O) groups is 2. The lowest BCUT2D eigenvalue weighted by atomic mass is 10.2. The lowest BCUT2D eigenvalue weighted by Gasteiger charge is -2.03. The van der Waals surface area contributed by atoms with Crippen LogP contribution in [0.25, 0.3) is 0 Å². The molecule has 4 nitrogen and oxygen atoms in total. The Labute approximate surface area is 122 Å². The fourth-order valence-electron chi connectivity index (χ4n) is 1.59. The Morgan fingerprint density at radius 1 is 1.38 bits per heavy atom. The molecular formula is C13H10F3NO3S. The van der Waals surface area contributed by atoms with Gasteiger partial charge in [0.1, 0.15) is 0 Å². The Morgan fingerprint density at radius 3 is 2.71 bits per heavy atom. The van der Waals surface area contributed by atoms with Gasteiger partial charge in [0, 0.05) is 11.0 Å². The van der Waals surface area contributed by atoms with Gasteiger partial charge >= 0.3 is 12.1 Å². The minimum absolute atomic E-state index is 0.0633. The van der Waals surface area contributed by atoms with Gasteiger partial charge in [-0.3, -0.25) is 4.79 Å². The highest BCUT2D eigenvalue weighted by molar-refractivity contribution is 8.03. The van der Waals surface area contributed by atoms with Crippen LogP contribution in [0.2, 0.25) is 0 Å². The molecule has 0 aromatic heterocycles. The zero-order valence-corrected chi connectivity index (χ0v) is 11.6. The first-order valence-corrected chi connectivity index (χ1v) is 6.72. The number of alkyl halides is 3. The minimum atomic E-state index is -4.90. The topological polar surface area (TPSA) is 55.4 Å². The summed E-state index contributed by atoms with van der Waals surface area (Å²) in [6.45, 7) is 1.90. The molecule has 21 heavy (non-hydrogen) atoms. The van der Waals surface area contributed by atoms with Gasteiger partial charge < -0.3 is 10.1 Å². The summed E-state index contributed by atoms with van der Waals surface area (Å²) in [4.78, 5) is 23.0. The summed E-state index contributed by atoms with van der Waals surface area (Å²) >= 11 is 0.952. The number of ether oxygens (including phenoxy) is 1. The third kappa shape index (κ3) is 3.57. The van der Waals surface area contributed by atoms with Crippen molar-refractivity contribution in [3.8, 4) is 0 Å². The number of halogens is 3. The number of fused-ring (bicyclic) bond motifs is 1. The molecule has 2 rings (SSSR count). The third-order valence-corrected chi connectivity index (χ3v) is 3.51. The summed E-state index contributed by atoms with van der Waals surface area (Å²) < 4.78 is 41.4. The number of allylic oxidation sites excluding steroid dienone is 1. The van der Waals surface area contributed by atoms with E-state index >= 15 is 0 Å². The van der Waals surface area contributed by atoms with Crippen LogP contribution in [0.1, 0.15) is 17.3 Å². The zero-order valence-electron chi connectivity index (χ0n) is 10.8. The standard InChI is InChI=1S/C13H10F3NO3S/c1-2-20-12(19)7-3-4-8-9(5-7)21-11(17-8)6-10(18)13(14,15)16/h3-6,17H,2H2,1H3/b11-6+. The van der Waals surface area contributed by atoms with Crippen LogP contribution in [0.15, 0.2) is 34.2 Å². The fraction of sp³-hybridized carbons (Fsp3) is 0.231. The average Bonchev–Trinajstić information content (AvgIpc) is 2.78. The van der Waals surface area contributed by atoms with Crippen molar-refractivity contribution in [3.05, 3.63) is 34.9 Å². The van der Waals surface area contributed by atoms with Crippen molar-refractivity contribution in [2.45, 2.75) is 18.0 Å². The summed E-state index contributed by atoms with van der Waals surface area (Å²) in [6.07, 6.45) is -4.41. The van der Waals surface area contributed by atoms with Crippen LogP contribution >= 0.6 is 11.8 Å². The number of ketones is 1. The normalized spacial score (nSPS) is 15.5. The van der Waals surface area contributed by atoms with Crippen molar-refractivity contribution in [2.24, 2.45) is 0 Å². The second-order valence-corrected chi connectivity index (χ2v) is 5.11. The summed E-state index contributed by atoms with van der Waals surface area (Å²) in [6, 6.07) is 4.55. The maximum atomic E-state index is 12.2. The number of thioether (sulfide) groups is 1. The molecule has 1 aromatic rings. The van der Waals surface area contributed by atoms with Crippen molar-refractivity contribution in [1.82, 2.24) is 0 Å². The molecule has 1 aliphatic rings. The van der Waals surface area contributed by atoms with Crippen molar-refractivity contribution >= 4 is 29.2 Å². The van der Waals surface area contributed by atoms with E-state index in [0.29, 0.717) is 22.2 Å². The molecule has 0 unspecified atom stereocenters. The molecule has 0 bridgehead atoms. The largest absolute Gasteiger partial charge is 0.462 e. The van der Waals surface area contributed by atoms with E-state index in [1.54, 1.807) is 13.0 Å². The van der Waals surface area contributed by atoms with E-state index in [9.17, 15) is 22.8 Å². The van der Waals surface area contributed by atoms with Crippen LogP contribution in [-0.4, -0.2) is 24.5 Å². The van der Waals surface area contributed by atoms with E-state index in [1.165, 1.54) is 12.1 Å². The second-order valence-electron chi connectivity index (χ2n) is 4.03. The van der Waals surface area contributed by atoms with Gasteiger partial charge in [-0.25, -0.2) is 4.79 Å². The van der Waals surface area contributed by atoms with Gasteiger partial charge in [0.15, 0.2) is 0 Å². The highest BCUT2D eigenvalue weighted by atomic mass is 32.2. The van der Waals surface area contributed by atoms with Crippen molar-refractivity contribution in [3.63, 3.8) is 0 Å². The molecule has 0 atom stereocenters. The maximum absolute atomic E-state index is 12.2. The van der Waals surface area contributed by atoms with Crippen LogP contribution < -0.4 is 5.32 Å². The van der Waals surface area contributed by atoms with Crippen LogP contribution in [-0.2, 0) is 9.53 Å². The molecule has 112 valence electrons. The molecule has 0 radical (unpaired) electrons. The Morgan fingerprint density at radius 2 is 2.10 bits per heavy atom. The fourth-order valence-corrected chi connectivity index (χ4v) is 2.57. The number of hydrogen-bond donors (Lipinski definition) is 1. The number of nitrogens with one attached hydrogen (secondary N) is 1. The van der Waals surface area contributed by atoms with Gasteiger partial charge in [-0.1, -0.05) is 11.8 Å². The monoisotopic (exact) mass is 317 g/mol. The van der Waals surface area contributed by atoms with Gasteiger partial charge in [0.2, 0.25) is 0 Å². The molecule has 0 aliphatic carbocycles. The predicted octanol–water partition coefficient (Wildman–Crippen LogP) is 3.35. The Balaban J connectivity index is 2.18. The summed E-state index contributed by atoms with van der Waals surface area (Å²) in [5, 5.41) is 2.75. The van der Waals surface area contributed by atoms with E-state index < -0.39 is 17.9 Å². The first-order valence-electron chi connectivity index (χ1n) is 5.90. The number of hydrogen-bond acceptors (Lipinski definition) is 5. The number of benzene rings is 1. The van der Waals surface area contributed by atoms with Gasteiger partial charge in [-0.05, 0) is 25.1 Å². The molecule has 0 fully saturated rings. The van der Waals surface area contributed by atoms with Crippen molar-refractivity contribution in [1.29, 1.82) is 0 Å². The number of anilines is 1. The minimum Gasteiger partial charge on any atom is -0.462 e. The Bertz CT molecular complexity index is 626. The molecule has 0 saturated heterocycles. The SMILES string of the molecule is CCOC(=O)c1ccc2c(c1)S/C(=C/C(=O)C(F)(F)F)N2. The van der Waals surface area contributed by atoms with Crippen LogP contribution in [0.5, 0.6) is 0 Å². The highest BCUT2D eigenvalue weighted by Gasteiger charge is 2.37. The third-order valence-electron chi connectivity index (χ3n) is 2.51. The number of esters is 1. The molecule has 1 aliphatic heterocycles. The average molecular weight is 317 g/mol. The van der Waals surface area contributed by atoms with Gasteiger partial charge in [-0.2, -0.15) is 13.2 Å². The molecule has 0 saturated carbocycles. The molecule has 0 amide bonds. The Kier molecular flexibility index (Phi) is 4.26. The molecular weight excluding hydrogens is 307 g/mol. The lowest BCUT2D eigenvalue weighted by molar-refractivity contribution is -0.165. The van der Waals surface area contributed by atoms with Gasteiger partial charge in [0.05, 0.1) is 22.9 Å². The summed E-state index contributed by atoms with van der Waals surface area (Å²) in [7, 11) is 0. The molecule has 0 spiro atoms. The van der Waals surface area contributed by atoms with E-state index in [4.69, 9.17) is 4.74 Å². The Hall–Kier alpha value is -1.96. The maximum Gasteiger partial charge on any atom is 0.454 e. The number of carbonyl (C=O) groups excluding carboxylic acids is 2. The highest BCUT2D eigenvalue weighted by Crippen LogP contribution is 2.41. The van der Waals surface area contributed by atoms with Crippen LogP contribution in [0.3, 0.4) is 0 Å². The quantitative estimate of drug-likeness (QED) is 0.684. The van der Waals surface area contributed by atoms with Crippen molar-refractivity contribution < 1.29 is 27.5 Å². The smallest absolute Gasteiger partial charge is 0.454 e. The first kappa shape index (κ1) is 15.4.